The van der Waals surface area contributed by atoms with Crippen LogP contribution in [0.15, 0.2) is 48.7 Å². The van der Waals surface area contributed by atoms with Crippen molar-refractivity contribution < 1.29 is 9.59 Å². The number of hydrogen-bond donors (Lipinski definition) is 5. The number of carbonyl (C=O) groups excluding carboxylic acids is 2. The van der Waals surface area contributed by atoms with Crippen molar-refractivity contribution in [2.24, 2.45) is 12.8 Å². The Morgan fingerprint density at radius 1 is 0.855 bits per heavy atom. The molecule has 0 fully saturated rings. The Kier molecular flexibility index (Phi) is 19.4. The summed E-state index contributed by atoms with van der Waals surface area (Å²) < 4.78 is 2.11. The molecule has 0 spiro atoms. The number of H-pyrrole nitrogens is 2. The standard InChI is InChI=1S/C29H34N4.C12H13NO.C10H22N2O.CH5N/c1-8-20-18(6)27-14-29-21(9-2)17(5)26(32-29)12-22-15(3)10-24(30-22)19(7)25-11-16(4)23(31-25)13-28(20)33-27;1-13-9-10(5-4-8-14)11-6-2-3-7-12(11)13;1-3-10(13)12-9-7-5-4-6-8-11-2;1-2/h11-15,32-33H,8-10H2,1-7H3;2-3,6-9H,4-5H2,1H3;11H,3-9H2,1-2H3,(H,12,13);2H2,1H3. The van der Waals surface area contributed by atoms with Crippen LogP contribution in [0.25, 0.3) is 44.6 Å². The highest BCUT2D eigenvalue weighted by Gasteiger charge is 2.20. The maximum Gasteiger partial charge on any atom is 0.219 e. The lowest BCUT2D eigenvalue weighted by molar-refractivity contribution is -0.120. The molecule has 10 heteroatoms. The Morgan fingerprint density at radius 3 is 2.11 bits per heavy atom. The van der Waals surface area contributed by atoms with Gasteiger partial charge in [-0.1, -0.05) is 58.7 Å². The minimum absolute atomic E-state index is 0.162. The fraction of sp³-hybridized carbons (Fsp3) is 0.462. The monoisotopic (exact) mass is 843 g/mol. The molecule has 0 saturated carbocycles. The van der Waals surface area contributed by atoms with Crippen molar-refractivity contribution in [3.63, 3.8) is 0 Å². The molecule has 5 aromatic rings. The molecular formula is C52H74N8O2. The fourth-order valence-electron chi connectivity index (χ4n) is 8.34. The third kappa shape index (κ3) is 12.4. The first-order valence-corrected chi connectivity index (χ1v) is 22.8. The van der Waals surface area contributed by atoms with Crippen molar-refractivity contribution in [3.8, 4) is 0 Å². The molecular weight excluding hydrogens is 769 g/mol. The van der Waals surface area contributed by atoms with Crippen molar-refractivity contribution >= 4 is 56.8 Å². The Morgan fingerprint density at radius 2 is 1.48 bits per heavy atom. The van der Waals surface area contributed by atoms with E-state index in [-0.39, 0.29) is 5.91 Å². The van der Waals surface area contributed by atoms with Crippen molar-refractivity contribution in [3.05, 3.63) is 105 Å². The molecule has 1 atom stereocenters. The van der Waals surface area contributed by atoms with Gasteiger partial charge in [0.15, 0.2) is 0 Å². The van der Waals surface area contributed by atoms with Crippen LogP contribution in [0, 0.1) is 20.8 Å². The highest BCUT2D eigenvalue weighted by molar-refractivity contribution is 5.86. The summed E-state index contributed by atoms with van der Waals surface area (Å²) in [5.74, 6) is 0.558. The lowest BCUT2D eigenvalue weighted by Crippen LogP contribution is -2.23. The number of benzene rings is 1. The largest absolute Gasteiger partial charge is 0.356 e. The first kappa shape index (κ1) is 49.3. The van der Waals surface area contributed by atoms with Crippen LogP contribution in [0.5, 0.6) is 0 Å². The van der Waals surface area contributed by atoms with Gasteiger partial charge in [0, 0.05) is 82.9 Å². The van der Waals surface area contributed by atoms with Gasteiger partial charge in [0.05, 0.1) is 11.4 Å². The van der Waals surface area contributed by atoms with Gasteiger partial charge in [-0.3, -0.25) is 9.78 Å². The summed E-state index contributed by atoms with van der Waals surface area (Å²) in [5, 5.41) is 7.25. The lowest BCUT2D eigenvalue weighted by Gasteiger charge is -2.03. The molecule has 2 aliphatic rings. The minimum Gasteiger partial charge on any atom is -0.356 e. The predicted octanol–water partition coefficient (Wildman–Crippen LogP) is 10.4. The normalized spacial score (nSPS) is 13.0. The highest BCUT2D eigenvalue weighted by Crippen LogP contribution is 2.32. The van der Waals surface area contributed by atoms with Gasteiger partial charge in [0.2, 0.25) is 5.91 Å². The molecule has 334 valence electrons. The van der Waals surface area contributed by atoms with E-state index in [9.17, 15) is 9.59 Å². The molecule has 0 saturated heterocycles. The number of nitrogens with one attached hydrogen (secondary N) is 4. The molecule has 4 aromatic heterocycles. The van der Waals surface area contributed by atoms with E-state index in [4.69, 9.17) is 9.97 Å². The third-order valence-electron chi connectivity index (χ3n) is 12.1. The number of aromatic nitrogens is 5. The zero-order valence-corrected chi connectivity index (χ0v) is 39.6. The number of fused-ring (bicyclic) bond motifs is 9. The van der Waals surface area contributed by atoms with Gasteiger partial charge in [-0.2, -0.15) is 0 Å². The van der Waals surface area contributed by atoms with Gasteiger partial charge in [0.1, 0.15) is 6.29 Å². The van der Waals surface area contributed by atoms with Crippen LogP contribution in [0.1, 0.15) is 135 Å². The van der Waals surface area contributed by atoms with Crippen LogP contribution in [0.2, 0.25) is 0 Å². The maximum absolute atomic E-state index is 10.8. The number of nitrogens with two attached hydrogens (primary N) is 1. The van der Waals surface area contributed by atoms with Gasteiger partial charge < -0.3 is 35.7 Å². The Labute approximate surface area is 370 Å². The van der Waals surface area contributed by atoms with E-state index in [0.29, 0.717) is 18.8 Å². The van der Waals surface area contributed by atoms with E-state index >= 15 is 0 Å². The molecule has 0 radical (unpaired) electrons. The van der Waals surface area contributed by atoms with E-state index < -0.39 is 0 Å². The Balaban J connectivity index is 0.000000240. The molecule has 2 aliphatic heterocycles. The second-order valence-electron chi connectivity index (χ2n) is 16.4. The lowest BCUT2D eigenvalue weighted by atomic mass is 10.0. The Hall–Kier alpha value is -5.32. The summed E-state index contributed by atoms with van der Waals surface area (Å²) >= 11 is 0. The number of aryl methyl sites for hydroxylation is 6. The third-order valence-corrected chi connectivity index (χ3v) is 12.1. The molecule has 10 nitrogen and oxygen atoms in total. The van der Waals surface area contributed by atoms with Crippen LogP contribution in [0.4, 0.5) is 0 Å². The number of allylic oxidation sites excluding steroid dienone is 1. The molecule has 8 bridgehead atoms. The summed E-state index contributed by atoms with van der Waals surface area (Å²) in [4.78, 5) is 38.7. The zero-order chi connectivity index (χ0) is 45.3. The molecule has 6 heterocycles. The molecule has 62 heavy (non-hydrogen) atoms. The molecule has 6 N–H and O–H groups in total. The number of aldehydes is 1. The second kappa shape index (κ2) is 24.4. The average Bonchev–Trinajstić information content (AvgIpc) is 4.07. The number of para-hydroxylation sites is 1. The van der Waals surface area contributed by atoms with Gasteiger partial charge in [-0.25, -0.2) is 4.98 Å². The molecule has 0 aliphatic carbocycles. The smallest absolute Gasteiger partial charge is 0.219 e. The SMILES string of the molecule is CCC(=O)NCCCCCCNC.CCc1c(C)c2cc3[nH]c(cc4nc(c(C)c5nc(cc1[nH]2)C(C)=C5)CC4C)c(C)c3CC.CN.Cn1cc(CCC=O)c2ccccc21. The molecule has 7 rings (SSSR count). The Bertz CT molecular complexity index is 2470. The summed E-state index contributed by atoms with van der Waals surface area (Å²) in [6.45, 7) is 19.3. The minimum atomic E-state index is 0.162. The first-order chi connectivity index (χ1) is 29.9. The topological polar surface area (TPSA) is 147 Å². The quantitative estimate of drug-likeness (QED) is 0.0589. The maximum atomic E-state index is 10.8. The number of amides is 1. The van der Waals surface area contributed by atoms with Crippen LogP contribution in [-0.4, -0.2) is 63.9 Å². The van der Waals surface area contributed by atoms with E-state index in [1.165, 1.54) is 92.7 Å². The van der Waals surface area contributed by atoms with Crippen LogP contribution in [-0.2, 0) is 42.3 Å². The van der Waals surface area contributed by atoms with E-state index in [0.717, 1.165) is 79.8 Å². The highest BCUT2D eigenvalue weighted by atomic mass is 16.1. The molecule has 1 unspecified atom stereocenters. The van der Waals surface area contributed by atoms with E-state index in [2.05, 4.69) is 122 Å². The van der Waals surface area contributed by atoms with Crippen molar-refractivity contribution in [2.45, 2.75) is 126 Å². The summed E-state index contributed by atoms with van der Waals surface area (Å²) in [6, 6.07) is 15.0. The van der Waals surface area contributed by atoms with Crippen LogP contribution >= 0.6 is 0 Å². The number of aromatic amines is 2. The number of unbranched alkanes of at least 4 members (excludes halogenated alkanes) is 3. The van der Waals surface area contributed by atoms with Crippen LogP contribution < -0.4 is 16.4 Å². The number of nitrogens with zero attached hydrogens (tertiary/aromatic N) is 3. The molecule has 1 aromatic carbocycles. The van der Waals surface area contributed by atoms with E-state index in [1.54, 1.807) is 0 Å². The average molecular weight is 843 g/mol. The van der Waals surface area contributed by atoms with Gasteiger partial charge in [0.25, 0.3) is 0 Å². The predicted molar refractivity (Wildman–Crippen MR) is 263 cm³/mol. The van der Waals surface area contributed by atoms with Gasteiger partial charge in [-0.15, -0.1) is 0 Å². The van der Waals surface area contributed by atoms with Crippen LogP contribution in [0.3, 0.4) is 0 Å². The summed E-state index contributed by atoms with van der Waals surface area (Å²) in [6.07, 6.45) is 15.1. The van der Waals surface area contributed by atoms with Crippen molar-refractivity contribution in [1.29, 1.82) is 0 Å². The van der Waals surface area contributed by atoms with Crippen molar-refractivity contribution in [2.75, 3.05) is 27.2 Å². The number of rotatable bonds is 13. The van der Waals surface area contributed by atoms with Crippen molar-refractivity contribution in [1.82, 2.24) is 35.1 Å². The molecule has 1 amide bonds. The first-order valence-electron chi connectivity index (χ1n) is 22.8. The second-order valence-corrected chi connectivity index (χ2v) is 16.4. The number of carbonyl (C=O) groups is 2. The van der Waals surface area contributed by atoms with E-state index in [1.807, 2.05) is 33.2 Å². The summed E-state index contributed by atoms with van der Waals surface area (Å²) in [5.41, 5.74) is 23.8. The van der Waals surface area contributed by atoms with Gasteiger partial charge >= 0.3 is 0 Å². The summed E-state index contributed by atoms with van der Waals surface area (Å²) in [7, 11) is 5.51. The zero-order valence-electron chi connectivity index (χ0n) is 39.6. The fourth-order valence-corrected chi connectivity index (χ4v) is 8.34. The van der Waals surface area contributed by atoms with Gasteiger partial charge in [-0.05, 0) is 156 Å². The number of hydrogen-bond acceptors (Lipinski definition) is 6.